The van der Waals surface area contributed by atoms with Crippen molar-refractivity contribution in [2.24, 2.45) is 0 Å². The summed E-state index contributed by atoms with van der Waals surface area (Å²) in [6, 6.07) is 9.64. The van der Waals surface area contributed by atoms with E-state index in [9.17, 15) is 4.79 Å². The molecule has 110 valence electrons. The van der Waals surface area contributed by atoms with Crippen LogP contribution in [0.3, 0.4) is 0 Å². The number of rotatable bonds is 5. The molecule has 1 aromatic carbocycles. The Morgan fingerprint density at radius 2 is 2.00 bits per heavy atom. The zero-order valence-electron chi connectivity index (χ0n) is 12.3. The minimum Gasteiger partial charge on any atom is -0.444 e. The van der Waals surface area contributed by atoms with Crippen molar-refractivity contribution in [1.29, 1.82) is 0 Å². The third-order valence-electron chi connectivity index (χ3n) is 2.47. The summed E-state index contributed by atoms with van der Waals surface area (Å²) in [4.78, 5) is 11.8. The first-order valence-electron chi connectivity index (χ1n) is 6.71. The van der Waals surface area contributed by atoms with E-state index in [0.29, 0.717) is 6.42 Å². The van der Waals surface area contributed by atoms with Gasteiger partial charge in [-0.3, -0.25) is 0 Å². The predicted molar refractivity (Wildman–Crippen MR) is 79.5 cm³/mol. The molecule has 0 saturated carbocycles. The summed E-state index contributed by atoms with van der Waals surface area (Å²) in [6.45, 7) is 5.41. The van der Waals surface area contributed by atoms with Gasteiger partial charge in [0.25, 0.3) is 0 Å². The van der Waals surface area contributed by atoms with Gasteiger partial charge in [0.1, 0.15) is 5.60 Å². The summed E-state index contributed by atoms with van der Waals surface area (Å²) < 4.78 is 5.24. The summed E-state index contributed by atoms with van der Waals surface area (Å²) in [5.41, 5.74) is 0.582. The molecule has 20 heavy (non-hydrogen) atoms. The van der Waals surface area contributed by atoms with E-state index in [2.05, 4.69) is 5.32 Å². The maximum atomic E-state index is 11.8. The van der Waals surface area contributed by atoms with Crippen molar-refractivity contribution in [3.63, 3.8) is 0 Å². The Bertz CT molecular complexity index is 435. The van der Waals surface area contributed by atoms with E-state index in [1.165, 1.54) is 0 Å². The summed E-state index contributed by atoms with van der Waals surface area (Å²) in [5.74, 6) is 0. The standard InChI is InChI=1S/C16H23NO3/c1-16(2,3)20-15(19)17-14(10-7-11-18)12-13-8-5-4-6-9-13/h4-10,14,18H,11-12H2,1-3H3,(H,17,19)/b10-7+. The molecule has 0 aliphatic rings. The van der Waals surface area contributed by atoms with E-state index in [-0.39, 0.29) is 12.6 Å². The molecule has 0 fully saturated rings. The number of carbonyl (C=O) groups excluding carboxylic acids is 1. The molecule has 1 atom stereocenters. The molecule has 0 aliphatic carbocycles. The fourth-order valence-corrected chi connectivity index (χ4v) is 1.72. The number of hydrogen-bond donors (Lipinski definition) is 2. The lowest BCUT2D eigenvalue weighted by Gasteiger charge is -2.22. The first-order valence-corrected chi connectivity index (χ1v) is 6.71. The highest BCUT2D eigenvalue weighted by molar-refractivity contribution is 5.68. The molecular formula is C16H23NO3. The van der Waals surface area contributed by atoms with Crippen LogP contribution in [-0.2, 0) is 11.2 Å². The number of carbonyl (C=O) groups is 1. The van der Waals surface area contributed by atoms with Crippen molar-refractivity contribution in [3.8, 4) is 0 Å². The molecule has 0 radical (unpaired) electrons. The van der Waals surface area contributed by atoms with Crippen LogP contribution in [0, 0.1) is 0 Å². The minimum atomic E-state index is -0.526. The zero-order chi connectivity index (χ0) is 15.0. The van der Waals surface area contributed by atoms with Crippen molar-refractivity contribution in [1.82, 2.24) is 5.32 Å². The molecule has 2 N–H and O–H groups in total. The van der Waals surface area contributed by atoms with E-state index in [1.807, 2.05) is 51.1 Å². The van der Waals surface area contributed by atoms with Crippen LogP contribution >= 0.6 is 0 Å². The SMILES string of the molecule is CC(C)(C)OC(=O)NC(/C=C/CO)Cc1ccccc1. The minimum absolute atomic E-state index is 0.0543. The van der Waals surface area contributed by atoms with Crippen LogP contribution in [0.4, 0.5) is 4.79 Å². The third-order valence-corrected chi connectivity index (χ3v) is 2.47. The highest BCUT2D eigenvalue weighted by Crippen LogP contribution is 2.09. The van der Waals surface area contributed by atoms with Crippen LogP contribution < -0.4 is 5.32 Å². The number of amides is 1. The van der Waals surface area contributed by atoms with Crippen molar-refractivity contribution in [2.75, 3.05) is 6.61 Å². The quantitative estimate of drug-likeness (QED) is 0.813. The van der Waals surface area contributed by atoms with Gasteiger partial charge in [0.05, 0.1) is 12.6 Å². The normalized spacial score (nSPS) is 13.2. The number of alkyl carbamates (subject to hydrolysis) is 1. The first kappa shape index (κ1) is 16.2. The average molecular weight is 277 g/mol. The highest BCUT2D eigenvalue weighted by atomic mass is 16.6. The fraction of sp³-hybridized carbons (Fsp3) is 0.438. The zero-order valence-corrected chi connectivity index (χ0v) is 12.3. The number of hydrogen-bond acceptors (Lipinski definition) is 3. The largest absolute Gasteiger partial charge is 0.444 e. The lowest BCUT2D eigenvalue weighted by Crippen LogP contribution is -2.39. The molecular weight excluding hydrogens is 254 g/mol. The predicted octanol–water partition coefficient (Wildman–Crippen LogP) is 2.67. The Balaban J connectivity index is 2.65. The van der Waals surface area contributed by atoms with Gasteiger partial charge in [-0.1, -0.05) is 42.5 Å². The van der Waals surface area contributed by atoms with Gasteiger partial charge < -0.3 is 15.2 Å². The average Bonchev–Trinajstić information content (AvgIpc) is 2.35. The molecule has 1 aromatic rings. The van der Waals surface area contributed by atoms with Gasteiger partial charge in [-0.05, 0) is 32.8 Å². The second-order valence-corrected chi connectivity index (χ2v) is 5.55. The molecule has 4 nitrogen and oxygen atoms in total. The van der Waals surface area contributed by atoms with Crippen LogP contribution in [0.25, 0.3) is 0 Å². The van der Waals surface area contributed by atoms with Crippen molar-refractivity contribution < 1.29 is 14.6 Å². The summed E-state index contributed by atoms with van der Waals surface area (Å²) in [5, 5.41) is 11.7. The second-order valence-electron chi connectivity index (χ2n) is 5.55. The Labute approximate surface area is 120 Å². The van der Waals surface area contributed by atoms with Crippen molar-refractivity contribution in [2.45, 2.75) is 38.8 Å². The maximum absolute atomic E-state index is 11.8. The van der Waals surface area contributed by atoms with Crippen molar-refractivity contribution >= 4 is 6.09 Å². The van der Waals surface area contributed by atoms with Gasteiger partial charge >= 0.3 is 6.09 Å². The highest BCUT2D eigenvalue weighted by Gasteiger charge is 2.18. The smallest absolute Gasteiger partial charge is 0.408 e. The molecule has 0 aromatic heterocycles. The van der Waals surface area contributed by atoms with Crippen LogP contribution in [-0.4, -0.2) is 29.4 Å². The molecule has 0 bridgehead atoms. The van der Waals surface area contributed by atoms with Gasteiger partial charge in [-0.15, -0.1) is 0 Å². The molecule has 0 saturated heterocycles. The molecule has 0 aliphatic heterocycles. The van der Waals surface area contributed by atoms with E-state index in [0.717, 1.165) is 5.56 Å². The van der Waals surface area contributed by atoms with Gasteiger partial charge in [-0.2, -0.15) is 0 Å². The molecule has 4 heteroatoms. The maximum Gasteiger partial charge on any atom is 0.408 e. The number of benzene rings is 1. The molecule has 1 unspecified atom stereocenters. The van der Waals surface area contributed by atoms with E-state index >= 15 is 0 Å². The summed E-state index contributed by atoms with van der Waals surface area (Å²) in [6.07, 6.45) is 3.58. The van der Waals surface area contributed by atoms with Gasteiger partial charge in [0, 0.05) is 0 Å². The Morgan fingerprint density at radius 1 is 1.35 bits per heavy atom. The van der Waals surface area contributed by atoms with Gasteiger partial charge in [0.2, 0.25) is 0 Å². The lowest BCUT2D eigenvalue weighted by atomic mass is 10.1. The summed E-state index contributed by atoms with van der Waals surface area (Å²) in [7, 11) is 0. The topological polar surface area (TPSA) is 58.6 Å². The number of nitrogens with one attached hydrogen (secondary N) is 1. The number of ether oxygens (including phenoxy) is 1. The lowest BCUT2D eigenvalue weighted by molar-refractivity contribution is 0.0514. The molecule has 1 rings (SSSR count). The molecule has 1 amide bonds. The van der Waals surface area contributed by atoms with Crippen LogP contribution in [0.5, 0.6) is 0 Å². The van der Waals surface area contributed by atoms with E-state index < -0.39 is 11.7 Å². The molecule has 0 heterocycles. The Kier molecular flexibility index (Phi) is 6.25. The number of aliphatic hydroxyl groups excluding tert-OH is 1. The Morgan fingerprint density at radius 3 is 2.55 bits per heavy atom. The summed E-state index contributed by atoms with van der Waals surface area (Å²) >= 11 is 0. The third kappa shape index (κ3) is 6.95. The van der Waals surface area contributed by atoms with Gasteiger partial charge in [-0.25, -0.2) is 4.79 Å². The van der Waals surface area contributed by atoms with Crippen LogP contribution in [0.1, 0.15) is 26.3 Å². The first-order chi connectivity index (χ1) is 9.40. The van der Waals surface area contributed by atoms with Gasteiger partial charge in [0.15, 0.2) is 0 Å². The van der Waals surface area contributed by atoms with E-state index in [4.69, 9.17) is 9.84 Å². The van der Waals surface area contributed by atoms with Crippen molar-refractivity contribution in [3.05, 3.63) is 48.0 Å². The number of aliphatic hydroxyl groups is 1. The Hall–Kier alpha value is -1.81. The second kappa shape index (κ2) is 7.70. The van der Waals surface area contributed by atoms with Crippen LogP contribution in [0.15, 0.2) is 42.5 Å². The van der Waals surface area contributed by atoms with E-state index in [1.54, 1.807) is 12.2 Å². The monoisotopic (exact) mass is 277 g/mol. The van der Waals surface area contributed by atoms with Crippen LogP contribution in [0.2, 0.25) is 0 Å². The fourth-order valence-electron chi connectivity index (χ4n) is 1.72. The molecule has 0 spiro atoms.